The normalized spacial score (nSPS) is 24.8. The van der Waals surface area contributed by atoms with E-state index < -0.39 is 0 Å². The van der Waals surface area contributed by atoms with Gasteiger partial charge in [-0.05, 0) is 12.0 Å². The maximum absolute atomic E-state index is 5.62. The van der Waals surface area contributed by atoms with Gasteiger partial charge in [0.15, 0.2) is 0 Å². The van der Waals surface area contributed by atoms with Gasteiger partial charge >= 0.3 is 0 Å². The van der Waals surface area contributed by atoms with Gasteiger partial charge in [-0.25, -0.2) is 0 Å². The minimum atomic E-state index is 0.301. The van der Waals surface area contributed by atoms with Crippen LogP contribution < -0.4 is 17.2 Å². The second-order valence-electron chi connectivity index (χ2n) is 2.71. The second-order valence-corrected chi connectivity index (χ2v) is 2.71. The highest BCUT2D eigenvalue weighted by molar-refractivity contribution is 5.38. The van der Waals surface area contributed by atoms with Gasteiger partial charge in [-0.15, -0.1) is 0 Å². The first kappa shape index (κ1) is 7.72. The van der Waals surface area contributed by atoms with Gasteiger partial charge in [-0.2, -0.15) is 0 Å². The first-order valence-corrected chi connectivity index (χ1v) is 3.52. The monoisotopic (exact) mass is 151 g/mol. The molecule has 11 heavy (non-hydrogen) atoms. The summed E-state index contributed by atoms with van der Waals surface area (Å²) in [4.78, 5) is 0. The first-order chi connectivity index (χ1) is 5.11. The Labute approximate surface area is 66.2 Å². The fraction of sp³-hybridized carbons (Fsp3) is 0.250. The van der Waals surface area contributed by atoms with Crippen molar-refractivity contribution in [3.63, 3.8) is 0 Å². The highest BCUT2D eigenvalue weighted by atomic mass is 14.8. The average molecular weight is 151 g/mol. The molecule has 60 valence electrons. The van der Waals surface area contributed by atoms with Crippen molar-refractivity contribution in [3.05, 3.63) is 35.3 Å². The molecular formula is C8H13N3. The summed E-state index contributed by atoms with van der Waals surface area (Å²) in [6, 6.07) is 0. The van der Waals surface area contributed by atoms with Gasteiger partial charge in [0.25, 0.3) is 0 Å². The zero-order valence-corrected chi connectivity index (χ0v) is 6.54. The smallest absolute Gasteiger partial charge is 0.0778 e. The number of nitrogens with two attached hydrogens (primary N) is 3. The Morgan fingerprint density at radius 3 is 2.55 bits per heavy atom. The van der Waals surface area contributed by atoms with Crippen molar-refractivity contribution in [3.8, 4) is 0 Å². The van der Waals surface area contributed by atoms with E-state index in [1.165, 1.54) is 0 Å². The summed E-state index contributed by atoms with van der Waals surface area (Å²) in [6.07, 6.45) is 5.63. The van der Waals surface area contributed by atoms with E-state index in [4.69, 9.17) is 17.2 Å². The molecule has 0 aliphatic heterocycles. The van der Waals surface area contributed by atoms with Crippen molar-refractivity contribution in [2.24, 2.45) is 23.1 Å². The van der Waals surface area contributed by atoms with Gasteiger partial charge < -0.3 is 17.2 Å². The van der Waals surface area contributed by atoms with Crippen LogP contribution in [0.25, 0.3) is 0 Å². The molecule has 1 unspecified atom stereocenters. The van der Waals surface area contributed by atoms with E-state index in [2.05, 4.69) is 0 Å². The molecule has 1 aliphatic carbocycles. The molecule has 0 bridgehead atoms. The van der Waals surface area contributed by atoms with Crippen LogP contribution in [0.15, 0.2) is 35.3 Å². The Kier molecular flexibility index (Phi) is 1.89. The van der Waals surface area contributed by atoms with Crippen molar-refractivity contribution < 1.29 is 0 Å². The van der Waals surface area contributed by atoms with E-state index in [1.54, 1.807) is 6.08 Å². The summed E-state index contributed by atoms with van der Waals surface area (Å²) < 4.78 is 0. The van der Waals surface area contributed by atoms with Crippen LogP contribution in [0, 0.1) is 5.92 Å². The standard InChI is InChI=1S/C8H13N3/c1-5-2-3-6(9)8(11)7(10)4-5/h2-5H,9-11H2,1H3. The van der Waals surface area contributed by atoms with Gasteiger partial charge in [-0.3, -0.25) is 0 Å². The maximum atomic E-state index is 5.62. The molecule has 0 saturated heterocycles. The zero-order valence-electron chi connectivity index (χ0n) is 6.54. The van der Waals surface area contributed by atoms with Gasteiger partial charge in [0, 0.05) is 0 Å². The molecule has 0 aromatic heterocycles. The molecule has 1 atom stereocenters. The molecule has 3 nitrogen and oxygen atoms in total. The summed E-state index contributed by atoms with van der Waals surface area (Å²) in [5.41, 5.74) is 18.4. The Morgan fingerprint density at radius 2 is 1.91 bits per heavy atom. The molecule has 0 radical (unpaired) electrons. The summed E-state index contributed by atoms with van der Waals surface area (Å²) in [6.45, 7) is 2.02. The predicted molar refractivity (Wildman–Crippen MR) is 46.0 cm³/mol. The van der Waals surface area contributed by atoms with Crippen LogP contribution in [0.5, 0.6) is 0 Å². The summed E-state index contributed by atoms with van der Waals surface area (Å²) in [5, 5.41) is 0. The third kappa shape index (κ3) is 1.55. The zero-order chi connectivity index (χ0) is 8.43. The summed E-state index contributed by atoms with van der Waals surface area (Å²) >= 11 is 0. The lowest BCUT2D eigenvalue weighted by atomic mass is 10.1. The molecule has 0 aromatic carbocycles. The van der Waals surface area contributed by atoms with Crippen molar-refractivity contribution in [2.75, 3.05) is 0 Å². The van der Waals surface area contributed by atoms with Gasteiger partial charge in [-0.1, -0.05) is 19.1 Å². The van der Waals surface area contributed by atoms with Crippen LogP contribution in [0.4, 0.5) is 0 Å². The largest absolute Gasteiger partial charge is 0.397 e. The van der Waals surface area contributed by atoms with Gasteiger partial charge in [0.1, 0.15) is 0 Å². The topological polar surface area (TPSA) is 78.1 Å². The molecule has 3 heteroatoms. The summed E-state index contributed by atoms with van der Waals surface area (Å²) in [7, 11) is 0. The molecule has 1 rings (SSSR count). The Morgan fingerprint density at radius 1 is 1.27 bits per heavy atom. The third-order valence-electron chi connectivity index (χ3n) is 1.64. The molecule has 0 spiro atoms. The van der Waals surface area contributed by atoms with E-state index in [0.29, 0.717) is 23.0 Å². The predicted octanol–water partition coefficient (Wildman–Crippen LogP) is 0.164. The van der Waals surface area contributed by atoms with Crippen LogP contribution in [0.2, 0.25) is 0 Å². The molecule has 6 N–H and O–H groups in total. The third-order valence-corrected chi connectivity index (χ3v) is 1.64. The minimum absolute atomic E-state index is 0.301. The highest BCUT2D eigenvalue weighted by Gasteiger charge is 2.05. The Bertz CT molecular complexity index is 248. The maximum Gasteiger partial charge on any atom is 0.0778 e. The van der Waals surface area contributed by atoms with Crippen molar-refractivity contribution >= 4 is 0 Å². The number of hydrogen-bond donors (Lipinski definition) is 3. The first-order valence-electron chi connectivity index (χ1n) is 3.52. The lowest BCUT2D eigenvalue weighted by Crippen LogP contribution is -2.14. The average Bonchev–Trinajstić information content (AvgIpc) is 2.05. The number of hydrogen-bond acceptors (Lipinski definition) is 3. The van der Waals surface area contributed by atoms with E-state index >= 15 is 0 Å². The van der Waals surface area contributed by atoms with E-state index in [0.717, 1.165) is 0 Å². The number of allylic oxidation sites excluding steroid dienone is 3. The van der Waals surface area contributed by atoms with E-state index in [1.807, 2.05) is 19.1 Å². The Hall–Kier alpha value is -1.38. The SMILES string of the molecule is CC1C=CC(N)=C(N)C(N)=C1. The van der Waals surface area contributed by atoms with E-state index in [9.17, 15) is 0 Å². The highest BCUT2D eigenvalue weighted by Crippen LogP contribution is 2.12. The quantitative estimate of drug-likeness (QED) is 0.461. The Balaban J connectivity index is 3.06. The summed E-state index contributed by atoms with van der Waals surface area (Å²) in [5.74, 6) is 0.301. The second kappa shape index (κ2) is 2.70. The molecule has 0 saturated carbocycles. The lowest BCUT2D eigenvalue weighted by Gasteiger charge is -2.02. The van der Waals surface area contributed by atoms with Crippen molar-refractivity contribution in [2.45, 2.75) is 6.92 Å². The molecule has 1 aliphatic rings. The van der Waals surface area contributed by atoms with Crippen LogP contribution in [0.1, 0.15) is 6.92 Å². The minimum Gasteiger partial charge on any atom is -0.397 e. The van der Waals surface area contributed by atoms with Crippen LogP contribution >= 0.6 is 0 Å². The molecule has 0 aromatic rings. The molecule has 0 amide bonds. The van der Waals surface area contributed by atoms with Crippen molar-refractivity contribution in [1.29, 1.82) is 0 Å². The van der Waals surface area contributed by atoms with Crippen LogP contribution in [-0.2, 0) is 0 Å². The van der Waals surface area contributed by atoms with Crippen LogP contribution in [0.3, 0.4) is 0 Å². The lowest BCUT2D eigenvalue weighted by molar-refractivity contribution is 0.927. The fourth-order valence-electron chi connectivity index (χ4n) is 0.940. The van der Waals surface area contributed by atoms with Crippen LogP contribution in [-0.4, -0.2) is 0 Å². The molecule has 0 heterocycles. The van der Waals surface area contributed by atoms with Gasteiger partial charge in [0.05, 0.1) is 17.1 Å². The molecule has 0 fully saturated rings. The molecular weight excluding hydrogens is 138 g/mol. The van der Waals surface area contributed by atoms with E-state index in [-0.39, 0.29) is 0 Å². The van der Waals surface area contributed by atoms with Crippen molar-refractivity contribution in [1.82, 2.24) is 0 Å². The number of rotatable bonds is 0. The fourth-order valence-corrected chi connectivity index (χ4v) is 0.940. The van der Waals surface area contributed by atoms with Gasteiger partial charge in [0.2, 0.25) is 0 Å².